The molecule has 0 saturated heterocycles. The summed E-state index contributed by atoms with van der Waals surface area (Å²) >= 11 is 0. The summed E-state index contributed by atoms with van der Waals surface area (Å²) in [5.74, 6) is 0.772. The molecule has 1 fully saturated rings. The first-order valence-electron chi connectivity index (χ1n) is 7.26. The van der Waals surface area contributed by atoms with Crippen LogP contribution >= 0.6 is 0 Å². The van der Waals surface area contributed by atoms with Crippen molar-refractivity contribution in [3.05, 3.63) is 60.2 Å². The lowest BCUT2D eigenvalue weighted by atomic mass is 10.3. The van der Waals surface area contributed by atoms with Gasteiger partial charge < -0.3 is 9.88 Å². The van der Waals surface area contributed by atoms with Crippen molar-refractivity contribution in [2.75, 3.05) is 5.32 Å². The van der Waals surface area contributed by atoms with Crippen LogP contribution in [0.3, 0.4) is 0 Å². The summed E-state index contributed by atoms with van der Waals surface area (Å²) in [7, 11) is 0. The Labute approximate surface area is 122 Å². The first-order chi connectivity index (χ1) is 10.3. The third kappa shape index (κ3) is 2.37. The molecule has 1 aliphatic carbocycles. The molecule has 106 valence electrons. The van der Waals surface area contributed by atoms with Crippen LogP contribution in [-0.4, -0.2) is 9.55 Å². The zero-order chi connectivity index (χ0) is 14.2. The summed E-state index contributed by atoms with van der Waals surface area (Å²) in [5, 5.41) is 3.38. The number of hydrogen-bond donors (Lipinski definition) is 1. The van der Waals surface area contributed by atoms with Crippen molar-refractivity contribution in [3.8, 4) is 0 Å². The molecule has 2 aromatic carbocycles. The summed E-state index contributed by atoms with van der Waals surface area (Å²) in [6.45, 7) is 0.650. The van der Waals surface area contributed by atoms with Crippen LogP contribution in [0.5, 0.6) is 0 Å². The van der Waals surface area contributed by atoms with Gasteiger partial charge in [0.25, 0.3) is 0 Å². The summed E-state index contributed by atoms with van der Waals surface area (Å²) in [4.78, 5) is 4.66. The van der Waals surface area contributed by atoms with E-state index >= 15 is 0 Å². The average Bonchev–Trinajstić information content (AvgIpc) is 3.28. The van der Waals surface area contributed by atoms with E-state index in [0.29, 0.717) is 12.6 Å². The van der Waals surface area contributed by atoms with Gasteiger partial charge in [0.15, 0.2) is 0 Å². The van der Waals surface area contributed by atoms with Crippen LogP contribution in [0.1, 0.15) is 24.7 Å². The monoisotopic (exact) mass is 281 g/mol. The second-order valence-electron chi connectivity index (χ2n) is 5.48. The Balaban J connectivity index is 1.69. The van der Waals surface area contributed by atoms with E-state index in [1.54, 1.807) is 12.1 Å². The summed E-state index contributed by atoms with van der Waals surface area (Å²) in [5.41, 5.74) is 2.84. The first-order valence-corrected chi connectivity index (χ1v) is 7.26. The van der Waals surface area contributed by atoms with E-state index in [9.17, 15) is 4.39 Å². The van der Waals surface area contributed by atoms with E-state index < -0.39 is 0 Å². The van der Waals surface area contributed by atoms with Crippen LogP contribution < -0.4 is 5.32 Å². The van der Waals surface area contributed by atoms with E-state index in [-0.39, 0.29) is 5.82 Å². The van der Waals surface area contributed by atoms with Crippen LogP contribution in [0, 0.1) is 5.82 Å². The Kier molecular flexibility index (Phi) is 2.88. The SMILES string of the molecule is Fc1ccc2nc(CNc3ccccc3)n(C3CC3)c2c1. The molecule has 0 spiro atoms. The Morgan fingerprint density at radius 1 is 1.14 bits per heavy atom. The van der Waals surface area contributed by atoms with E-state index in [1.807, 2.05) is 30.3 Å². The number of aromatic nitrogens is 2. The topological polar surface area (TPSA) is 29.9 Å². The molecule has 0 radical (unpaired) electrons. The van der Waals surface area contributed by atoms with Gasteiger partial charge in [-0.2, -0.15) is 0 Å². The highest BCUT2D eigenvalue weighted by atomic mass is 19.1. The van der Waals surface area contributed by atoms with Crippen LogP contribution in [0.2, 0.25) is 0 Å². The molecule has 1 aromatic heterocycles. The fourth-order valence-corrected chi connectivity index (χ4v) is 2.72. The third-order valence-electron chi connectivity index (χ3n) is 3.86. The number of nitrogens with zero attached hydrogens (tertiary/aromatic N) is 2. The molecule has 4 heteroatoms. The number of imidazole rings is 1. The van der Waals surface area contributed by atoms with Gasteiger partial charge in [-0.15, -0.1) is 0 Å². The van der Waals surface area contributed by atoms with Crippen LogP contribution in [-0.2, 0) is 6.54 Å². The summed E-state index contributed by atoms with van der Waals surface area (Å²) < 4.78 is 15.7. The number of benzene rings is 2. The van der Waals surface area contributed by atoms with Gasteiger partial charge in [0, 0.05) is 11.7 Å². The molecule has 1 aliphatic rings. The van der Waals surface area contributed by atoms with E-state index in [1.165, 1.54) is 6.07 Å². The minimum absolute atomic E-state index is 0.202. The smallest absolute Gasteiger partial charge is 0.129 e. The van der Waals surface area contributed by atoms with Crippen LogP contribution in [0.25, 0.3) is 11.0 Å². The lowest BCUT2D eigenvalue weighted by molar-refractivity contribution is 0.627. The third-order valence-corrected chi connectivity index (χ3v) is 3.86. The average molecular weight is 281 g/mol. The van der Waals surface area contributed by atoms with Gasteiger partial charge >= 0.3 is 0 Å². The van der Waals surface area contributed by atoms with Crippen LogP contribution in [0.15, 0.2) is 48.5 Å². The largest absolute Gasteiger partial charge is 0.378 e. The maximum absolute atomic E-state index is 13.5. The number of rotatable bonds is 4. The quantitative estimate of drug-likeness (QED) is 0.779. The number of para-hydroxylation sites is 1. The number of halogens is 1. The van der Waals surface area contributed by atoms with Crippen molar-refractivity contribution in [1.82, 2.24) is 9.55 Å². The predicted octanol–water partition coefficient (Wildman–Crippen LogP) is 4.12. The molecule has 1 N–H and O–H groups in total. The maximum atomic E-state index is 13.5. The lowest BCUT2D eigenvalue weighted by Crippen LogP contribution is -2.07. The van der Waals surface area contributed by atoms with Gasteiger partial charge in [0.1, 0.15) is 11.6 Å². The van der Waals surface area contributed by atoms with E-state index in [2.05, 4.69) is 14.9 Å². The molecule has 3 aromatic rings. The van der Waals surface area contributed by atoms with Gasteiger partial charge in [-0.1, -0.05) is 18.2 Å². The Bertz CT molecular complexity index is 775. The molecular formula is C17H16FN3. The molecule has 0 bridgehead atoms. The molecule has 3 nitrogen and oxygen atoms in total. The molecule has 1 heterocycles. The molecule has 0 atom stereocenters. The van der Waals surface area contributed by atoms with Gasteiger partial charge in [0.05, 0.1) is 17.6 Å². The minimum Gasteiger partial charge on any atom is -0.378 e. The number of nitrogens with one attached hydrogen (secondary N) is 1. The van der Waals surface area contributed by atoms with E-state index in [0.717, 1.165) is 35.4 Å². The van der Waals surface area contributed by atoms with Gasteiger partial charge in [-0.3, -0.25) is 0 Å². The second-order valence-corrected chi connectivity index (χ2v) is 5.48. The molecule has 0 aliphatic heterocycles. The van der Waals surface area contributed by atoms with Gasteiger partial charge in [0.2, 0.25) is 0 Å². The highest BCUT2D eigenvalue weighted by Gasteiger charge is 2.28. The number of hydrogen-bond acceptors (Lipinski definition) is 2. The standard InChI is InChI=1S/C17H16FN3/c18-12-6-9-15-16(10-12)21(14-7-8-14)17(20-15)11-19-13-4-2-1-3-5-13/h1-6,9-10,14,19H,7-8,11H2. The highest BCUT2D eigenvalue weighted by molar-refractivity contribution is 5.76. The number of fused-ring (bicyclic) bond motifs is 1. The predicted molar refractivity (Wildman–Crippen MR) is 81.7 cm³/mol. The fraction of sp³-hybridized carbons (Fsp3) is 0.235. The summed E-state index contributed by atoms with van der Waals surface area (Å²) in [6.07, 6.45) is 2.31. The van der Waals surface area contributed by atoms with Crippen molar-refractivity contribution in [2.45, 2.75) is 25.4 Å². The molecule has 1 saturated carbocycles. The van der Waals surface area contributed by atoms with Crippen molar-refractivity contribution < 1.29 is 4.39 Å². The number of anilines is 1. The van der Waals surface area contributed by atoms with Crippen molar-refractivity contribution >= 4 is 16.7 Å². The van der Waals surface area contributed by atoms with Gasteiger partial charge in [-0.05, 0) is 43.2 Å². The summed E-state index contributed by atoms with van der Waals surface area (Å²) in [6, 6.07) is 15.4. The molecule has 4 rings (SSSR count). The minimum atomic E-state index is -0.202. The first kappa shape index (κ1) is 12.4. The van der Waals surface area contributed by atoms with Crippen molar-refractivity contribution in [2.24, 2.45) is 0 Å². The van der Waals surface area contributed by atoms with Crippen molar-refractivity contribution in [1.29, 1.82) is 0 Å². The molecule has 21 heavy (non-hydrogen) atoms. The Hall–Kier alpha value is -2.36. The normalized spacial score (nSPS) is 14.5. The van der Waals surface area contributed by atoms with Gasteiger partial charge in [-0.25, -0.2) is 9.37 Å². The fourth-order valence-electron chi connectivity index (χ4n) is 2.72. The van der Waals surface area contributed by atoms with E-state index in [4.69, 9.17) is 0 Å². The maximum Gasteiger partial charge on any atom is 0.129 e. The zero-order valence-electron chi connectivity index (χ0n) is 11.6. The molecule has 0 amide bonds. The Morgan fingerprint density at radius 3 is 2.71 bits per heavy atom. The van der Waals surface area contributed by atoms with Crippen molar-refractivity contribution in [3.63, 3.8) is 0 Å². The Morgan fingerprint density at radius 2 is 1.95 bits per heavy atom. The molecular weight excluding hydrogens is 265 g/mol. The molecule has 0 unspecified atom stereocenters. The highest BCUT2D eigenvalue weighted by Crippen LogP contribution is 2.38. The lowest BCUT2D eigenvalue weighted by Gasteiger charge is -2.09. The zero-order valence-corrected chi connectivity index (χ0v) is 11.6. The van der Waals surface area contributed by atoms with Crippen LogP contribution in [0.4, 0.5) is 10.1 Å². The second kappa shape index (κ2) is 4.88.